The molecule has 4 heteroatoms. The van der Waals surface area contributed by atoms with Gasteiger partial charge < -0.3 is 20.1 Å². The van der Waals surface area contributed by atoms with Gasteiger partial charge >= 0.3 is 0 Å². The fraction of sp³-hybridized carbons (Fsp3) is 0.417. The van der Waals surface area contributed by atoms with Crippen molar-refractivity contribution in [1.29, 1.82) is 0 Å². The molecule has 4 nitrogen and oxygen atoms in total. The lowest BCUT2D eigenvalue weighted by atomic mass is 9.53. The van der Waals surface area contributed by atoms with Crippen molar-refractivity contribution in [2.45, 2.75) is 50.2 Å². The van der Waals surface area contributed by atoms with Crippen LogP contribution in [-0.2, 0) is 18.3 Å². The maximum absolute atomic E-state index is 12.3. The third-order valence-corrected chi connectivity index (χ3v) is 7.64. The second-order valence-electron chi connectivity index (χ2n) is 8.89. The molecule has 2 aliphatic rings. The largest absolute Gasteiger partial charge is 0.508 e. The number of aromatic nitrogens is 1. The van der Waals surface area contributed by atoms with Gasteiger partial charge in [-0.1, -0.05) is 24.3 Å². The van der Waals surface area contributed by atoms with E-state index in [9.17, 15) is 10.2 Å². The summed E-state index contributed by atoms with van der Waals surface area (Å²) in [4.78, 5) is 5.91. The number of likely N-dealkylation sites (tertiary alicyclic amines) is 1. The molecule has 0 spiro atoms. The summed E-state index contributed by atoms with van der Waals surface area (Å²) >= 11 is 0. The maximum atomic E-state index is 12.3. The number of aliphatic hydroxyl groups is 1. The Morgan fingerprint density at radius 2 is 1.93 bits per heavy atom. The van der Waals surface area contributed by atoms with Gasteiger partial charge in [-0.05, 0) is 68.8 Å². The fourth-order valence-electron chi connectivity index (χ4n) is 5.87. The molecule has 146 valence electrons. The Labute approximate surface area is 165 Å². The molecule has 2 heterocycles. The molecule has 28 heavy (non-hydrogen) atoms. The van der Waals surface area contributed by atoms with E-state index in [2.05, 4.69) is 55.0 Å². The number of nitrogens with one attached hydrogen (secondary N) is 1. The molecule has 1 saturated heterocycles. The molecule has 1 fully saturated rings. The van der Waals surface area contributed by atoms with E-state index in [4.69, 9.17) is 0 Å². The summed E-state index contributed by atoms with van der Waals surface area (Å²) in [6, 6.07) is 14.0. The first kappa shape index (κ1) is 17.8. The molecular formula is C24H28N2O2. The van der Waals surface area contributed by atoms with Crippen LogP contribution in [0, 0.1) is 6.92 Å². The third-order valence-electron chi connectivity index (χ3n) is 7.64. The minimum atomic E-state index is -0.906. The quantitative estimate of drug-likeness (QED) is 0.607. The number of hydrogen-bond donors (Lipinski definition) is 3. The predicted octanol–water partition coefficient (Wildman–Crippen LogP) is 3.67. The highest BCUT2D eigenvalue weighted by molar-refractivity contribution is 5.85. The molecule has 3 aromatic rings. The fourth-order valence-corrected chi connectivity index (χ4v) is 5.87. The smallest absolute Gasteiger partial charge is 0.115 e. The summed E-state index contributed by atoms with van der Waals surface area (Å²) in [5.74, 6) is 0.270. The molecule has 1 aliphatic heterocycles. The van der Waals surface area contributed by atoms with Crippen LogP contribution < -0.4 is 0 Å². The van der Waals surface area contributed by atoms with Crippen LogP contribution >= 0.6 is 0 Å². The highest BCUT2D eigenvalue weighted by atomic mass is 16.3. The summed E-state index contributed by atoms with van der Waals surface area (Å²) < 4.78 is 0. The van der Waals surface area contributed by atoms with Gasteiger partial charge in [-0.3, -0.25) is 0 Å². The van der Waals surface area contributed by atoms with E-state index >= 15 is 0 Å². The molecular weight excluding hydrogens is 348 g/mol. The van der Waals surface area contributed by atoms with Crippen LogP contribution in [0.5, 0.6) is 5.75 Å². The second kappa shape index (κ2) is 5.85. The lowest BCUT2D eigenvalue weighted by Crippen LogP contribution is -2.70. The zero-order valence-corrected chi connectivity index (χ0v) is 16.8. The number of aryl methyl sites for hydroxylation is 1. The van der Waals surface area contributed by atoms with Gasteiger partial charge in [0.1, 0.15) is 5.75 Å². The average molecular weight is 377 g/mol. The van der Waals surface area contributed by atoms with Crippen LogP contribution in [-0.4, -0.2) is 45.3 Å². The molecule has 2 aromatic carbocycles. The van der Waals surface area contributed by atoms with E-state index in [-0.39, 0.29) is 11.8 Å². The third kappa shape index (κ3) is 2.19. The number of aromatic hydroxyl groups is 1. The van der Waals surface area contributed by atoms with Crippen molar-refractivity contribution in [3.63, 3.8) is 0 Å². The Bertz CT molecular complexity index is 1070. The maximum Gasteiger partial charge on any atom is 0.115 e. The van der Waals surface area contributed by atoms with Crippen LogP contribution in [0.3, 0.4) is 0 Å². The number of para-hydroxylation sites is 1. The summed E-state index contributed by atoms with van der Waals surface area (Å²) in [6.45, 7) is 5.16. The number of benzene rings is 2. The summed E-state index contributed by atoms with van der Waals surface area (Å²) in [6.07, 6.45) is 2.24. The van der Waals surface area contributed by atoms with E-state index in [0.29, 0.717) is 6.42 Å². The zero-order chi connectivity index (χ0) is 19.7. The standard InChI is InChI=1S/C24H28N2O2/c1-15-8-9-17(27)12-20(15)23-10-11-26(3)16(2)24(23,28)13-19-18-6-4-5-7-21(18)25-22(19)14-23/h4-9,12,16,25,27-28H,10-11,13-14H2,1-3H3/t16?,23-,24-/m1/s1. The van der Waals surface area contributed by atoms with Gasteiger partial charge in [0.25, 0.3) is 0 Å². The first-order valence-electron chi connectivity index (χ1n) is 10.2. The first-order valence-corrected chi connectivity index (χ1v) is 10.2. The normalized spacial score (nSPS) is 30.2. The molecule has 1 aromatic heterocycles. The molecule has 3 atom stereocenters. The number of piperidine rings is 1. The van der Waals surface area contributed by atoms with Crippen molar-refractivity contribution in [2.75, 3.05) is 13.6 Å². The molecule has 0 bridgehead atoms. The molecule has 0 amide bonds. The molecule has 5 rings (SSSR count). The molecule has 3 N–H and O–H groups in total. The molecule has 0 radical (unpaired) electrons. The first-order chi connectivity index (χ1) is 13.4. The van der Waals surface area contributed by atoms with Gasteiger partial charge in [-0.25, -0.2) is 0 Å². The Balaban J connectivity index is 1.79. The number of hydrogen-bond acceptors (Lipinski definition) is 3. The van der Waals surface area contributed by atoms with Crippen LogP contribution in [0.1, 0.15) is 35.7 Å². The number of aromatic amines is 1. The van der Waals surface area contributed by atoms with Crippen molar-refractivity contribution in [3.8, 4) is 5.75 Å². The van der Waals surface area contributed by atoms with Gasteiger partial charge in [-0.15, -0.1) is 0 Å². The molecule has 1 aliphatic carbocycles. The minimum absolute atomic E-state index is 0.0183. The van der Waals surface area contributed by atoms with Gasteiger partial charge in [0.15, 0.2) is 0 Å². The van der Waals surface area contributed by atoms with Crippen molar-refractivity contribution < 1.29 is 10.2 Å². The highest BCUT2D eigenvalue weighted by Gasteiger charge is 2.60. The lowest BCUT2D eigenvalue weighted by Gasteiger charge is -2.59. The number of nitrogens with zero attached hydrogens (tertiary/aromatic N) is 1. The van der Waals surface area contributed by atoms with Crippen molar-refractivity contribution in [3.05, 3.63) is 64.8 Å². The van der Waals surface area contributed by atoms with Crippen LogP contribution in [0.4, 0.5) is 0 Å². The molecule has 0 saturated carbocycles. The van der Waals surface area contributed by atoms with E-state index < -0.39 is 11.0 Å². The zero-order valence-electron chi connectivity index (χ0n) is 16.8. The Morgan fingerprint density at radius 3 is 2.75 bits per heavy atom. The van der Waals surface area contributed by atoms with Crippen LogP contribution in [0.25, 0.3) is 10.9 Å². The van der Waals surface area contributed by atoms with Crippen molar-refractivity contribution in [2.24, 2.45) is 0 Å². The lowest BCUT2D eigenvalue weighted by molar-refractivity contribution is -0.132. The van der Waals surface area contributed by atoms with Crippen LogP contribution in [0.2, 0.25) is 0 Å². The number of likely N-dealkylation sites (N-methyl/N-ethyl adjacent to an activating group) is 1. The van der Waals surface area contributed by atoms with Gasteiger partial charge in [0, 0.05) is 40.9 Å². The van der Waals surface area contributed by atoms with Gasteiger partial charge in [0.05, 0.1) is 5.60 Å². The highest BCUT2D eigenvalue weighted by Crippen LogP contribution is 2.54. The summed E-state index contributed by atoms with van der Waals surface area (Å²) in [7, 11) is 2.10. The second-order valence-corrected chi connectivity index (χ2v) is 8.89. The Hall–Kier alpha value is -2.30. The monoisotopic (exact) mass is 376 g/mol. The van der Waals surface area contributed by atoms with E-state index in [1.54, 1.807) is 6.07 Å². The van der Waals surface area contributed by atoms with Crippen molar-refractivity contribution >= 4 is 10.9 Å². The number of phenolic OH excluding ortho intramolecular Hbond substituents is 1. The average Bonchev–Trinajstić information content (AvgIpc) is 3.03. The summed E-state index contributed by atoms with van der Waals surface area (Å²) in [5, 5.41) is 23.8. The SMILES string of the molecule is Cc1ccc(O)cc1[C@]12CCN(C)C(C)[C@]1(O)Cc1c([nH]c3ccccc13)C2. The van der Waals surface area contributed by atoms with E-state index in [1.807, 2.05) is 12.1 Å². The van der Waals surface area contributed by atoms with E-state index in [0.717, 1.165) is 36.0 Å². The number of H-pyrrole nitrogens is 1. The van der Waals surface area contributed by atoms with Crippen molar-refractivity contribution in [1.82, 2.24) is 9.88 Å². The Morgan fingerprint density at radius 1 is 1.14 bits per heavy atom. The topological polar surface area (TPSA) is 59.5 Å². The predicted molar refractivity (Wildman–Crippen MR) is 112 cm³/mol. The molecule has 1 unspecified atom stereocenters. The minimum Gasteiger partial charge on any atom is -0.508 e. The number of phenols is 1. The van der Waals surface area contributed by atoms with Crippen LogP contribution in [0.15, 0.2) is 42.5 Å². The van der Waals surface area contributed by atoms with Gasteiger partial charge in [0.2, 0.25) is 0 Å². The van der Waals surface area contributed by atoms with E-state index in [1.165, 1.54) is 16.6 Å². The number of fused-ring (bicyclic) bond motifs is 4. The summed E-state index contributed by atoms with van der Waals surface area (Å²) in [5.41, 5.74) is 4.50. The Kier molecular flexibility index (Phi) is 3.71. The van der Waals surface area contributed by atoms with Gasteiger partial charge in [-0.2, -0.15) is 0 Å². The number of rotatable bonds is 1.